The van der Waals surface area contributed by atoms with Crippen LogP contribution in [0, 0.1) is 0 Å². The van der Waals surface area contributed by atoms with Gasteiger partial charge in [-0.3, -0.25) is 4.79 Å². The van der Waals surface area contributed by atoms with Crippen LogP contribution in [0.3, 0.4) is 0 Å². The van der Waals surface area contributed by atoms with Gasteiger partial charge in [-0.25, -0.2) is 0 Å². The molecule has 0 aromatic rings. The Morgan fingerprint density at radius 1 is 1.62 bits per heavy atom. The second-order valence-corrected chi connectivity index (χ2v) is 2.88. The normalized spacial score (nSPS) is 13.5. The Bertz CT molecular complexity index is 275. The number of rotatable bonds is 4. The largest absolute Gasteiger partial charge is 0.508 e. The molecular weight excluding hydrogens is 163 g/mol. The van der Waals surface area contributed by atoms with Crippen molar-refractivity contribution in [2.24, 2.45) is 0 Å². The van der Waals surface area contributed by atoms with Crippen molar-refractivity contribution in [1.29, 1.82) is 0 Å². The van der Waals surface area contributed by atoms with E-state index < -0.39 is 0 Å². The molecule has 0 aromatic heterocycles. The molecule has 0 saturated carbocycles. The van der Waals surface area contributed by atoms with Gasteiger partial charge in [-0.05, 0) is 13.0 Å². The minimum atomic E-state index is -0.0365. The van der Waals surface area contributed by atoms with E-state index in [0.29, 0.717) is 12.0 Å². The van der Waals surface area contributed by atoms with Crippen LogP contribution in [0.15, 0.2) is 35.5 Å². The molecule has 0 radical (unpaired) electrons. The molecule has 3 heteroatoms. The lowest BCUT2D eigenvalue weighted by molar-refractivity contribution is -0.115. The Hall–Kier alpha value is -1.25. The van der Waals surface area contributed by atoms with E-state index in [9.17, 15) is 9.90 Å². The molecule has 0 bridgehead atoms. The third-order valence-corrected chi connectivity index (χ3v) is 1.81. The zero-order valence-corrected chi connectivity index (χ0v) is 8.42. The van der Waals surface area contributed by atoms with Gasteiger partial charge in [-0.2, -0.15) is 0 Å². The lowest BCUT2D eigenvalue weighted by Crippen LogP contribution is -2.00. The van der Waals surface area contributed by atoms with E-state index in [2.05, 4.69) is 6.58 Å². The molecule has 0 unspecified atom stereocenters. The molecule has 0 heterocycles. The van der Waals surface area contributed by atoms with Crippen LogP contribution < -0.4 is 0 Å². The van der Waals surface area contributed by atoms with Crippen LogP contribution in [-0.2, 0) is 4.79 Å². The first-order valence-electron chi connectivity index (χ1n) is 4.26. The Morgan fingerprint density at radius 3 is 2.54 bits per heavy atom. The van der Waals surface area contributed by atoms with Crippen molar-refractivity contribution in [3.8, 4) is 0 Å². The quantitative estimate of drug-likeness (QED) is 0.306. The Kier molecular flexibility index (Phi) is 4.89. The van der Waals surface area contributed by atoms with Crippen molar-refractivity contribution in [3.05, 3.63) is 35.5 Å². The fraction of sp³-hybridized carbons (Fsp3) is 0.300. The van der Waals surface area contributed by atoms with Crippen molar-refractivity contribution in [1.82, 2.24) is 0 Å². The van der Waals surface area contributed by atoms with Crippen LogP contribution in [-0.4, -0.2) is 18.7 Å². The third kappa shape index (κ3) is 3.79. The summed E-state index contributed by atoms with van der Waals surface area (Å²) in [5, 5.41) is 9.46. The van der Waals surface area contributed by atoms with Crippen LogP contribution in [0.2, 0.25) is 0 Å². The van der Waals surface area contributed by atoms with Gasteiger partial charge < -0.3 is 5.11 Å². The molecule has 0 aliphatic heterocycles. The van der Waals surface area contributed by atoms with Crippen LogP contribution in [0.25, 0.3) is 0 Å². The van der Waals surface area contributed by atoms with Crippen LogP contribution in [0.1, 0.15) is 20.3 Å². The highest BCUT2D eigenvalue weighted by molar-refractivity contribution is 6.23. The average Bonchev–Trinajstić information content (AvgIpc) is 2.14. The zero-order valence-electron chi connectivity index (χ0n) is 8.42. The molecule has 0 aliphatic rings. The predicted octanol–water partition coefficient (Wildman–Crippen LogP) is 1.50. The van der Waals surface area contributed by atoms with Gasteiger partial charge >= 0.3 is 0 Å². The summed E-state index contributed by atoms with van der Waals surface area (Å²) < 4.78 is 0. The first-order valence-corrected chi connectivity index (χ1v) is 4.26. The molecule has 0 atom stereocenters. The van der Waals surface area contributed by atoms with Gasteiger partial charge in [-0.15, -0.1) is 0 Å². The van der Waals surface area contributed by atoms with Gasteiger partial charge in [0.25, 0.3) is 0 Å². The van der Waals surface area contributed by atoms with Gasteiger partial charge in [0.05, 0.1) is 0 Å². The van der Waals surface area contributed by atoms with Gasteiger partial charge in [0, 0.05) is 12.0 Å². The Labute approximate surface area is 80.1 Å². The van der Waals surface area contributed by atoms with Crippen molar-refractivity contribution in [2.75, 3.05) is 0 Å². The fourth-order valence-electron chi connectivity index (χ4n) is 0.791. The number of hydrogen-bond donors (Lipinski definition) is 1. The highest BCUT2D eigenvalue weighted by atomic mass is 16.3. The first-order chi connectivity index (χ1) is 6.02. The number of aliphatic hydroxyl groups is 1. The minimum Gasteiger partial charge on any atom is -0.508 e. The second-order valence-electron chi connectivity index (χ2n) is 2.88. The molecule has 0 aliphatic carbocycles. The molecule has 0 saturated heterocycles. The number of carbonyl (C=O) groups excluding carboxylic acids is 1. The van der Waals surface area contributed by atoms with Crippen molar-refractivity contribution in [3.63, 3.8) is 0 Å². The molecule has 1 N–H and O–H groups in total. The summed E-state index contributed by atoms with van der Waals surface area (Å²) in [5.41, 5.74) is 1.24. The maximum atomic E-state index is 11.2. The zero-order chi connectivity index (χ0) is 10.4. The van der Waals surface area contributed by atoms with Gasteiger partial charge in [-0.1, -0.05) is 25.1 Å². The van der Waals surface area contributed by atoms with Crippen molar-refractivity contribution in [2.45, 2.75) is 20.3 Å². The molecule has 0 rings (SSSR count). The SMILES string of the molecule is B/C(C=C)=C/C(O)=C(/C)C(=O)CC. The molecule has 13 heavy (non-hydrogen) atoms. The van der Waals surface area contributed by atoms with E-state index in [1.54, 1.807) is 19.9 Å². The maximum absolute atomic E-state index is 11.2. The lowest BCUT2D eigenvalue weighted by Gasteiger charge is -2.00. The molecule has 0 amide bonds. The lowest BCUT2D eigenvalue weighted by atomic mass is 9.94. The van der Waals surface area contributed by atoms with E-state index in [1.165, 1.54) is 6.08 Å². The van der Waals surface area contributed by atoms with Crippen molar-refractivity contribution >= 4 is 13.6 Å². The first kappa shape index (κ1) is 11.8. The summed E-state index contributed by atoms with van der Waals surface area (Å²) in [6, 6.07) is 0. The number of ketones is 1. The Balaban J connectivity index is 4.82. The van der Waals surface area contributed by atoms with Crippen LogP contribution in [0.4, 0.5) is 0 Å². The second kappa shape index (κ2) is 5.41. The third-order valence-electron chi connectivity index (χ3n) is 1.81. The van der Waals surface area contributed by atoms with E-state index in [-0.39, 0.29) is 11.5 Å². The summed E-state index contributed by atoms with van der Waals surface area (Å²) in [5.74, 6) is -0.00476. The topological polar surface area (TPSA) is 37.3 Å². The highest BCUT2D eigenvalue weighted by Gasteiger charge is 2.05. The monoisotopic (exact) mass is 178 g/mol. The number of aliphatic hydroxyl groups excluding tert-OH is 1. The summed E-state index contributed by atoms with van der Waals surface area (Å²) in [7, 11) is 1.81. The molecule has 2 nitrogen and oxygen atoms in total. The van der Waals surface area contributed by atoms with E-state index >= 15 is 0 Å². The number of allylic oxidation sites excluding steroid dienone is 4. The highest BCUT2D eigenvalue weighted by Crippen LogP contribution is 2.07. The van der Waals surface area contributed by atoms with E-state index in [0.717, 1.165) is 5.47 Å². The molecule has 0 spiro atoms. The molecular formula is C10H15BO2. The van der Waals surface area contributed by atoms with E-state index in [1.807, 2.05) is 7.85 Å². The average molecular weight is 178 g/mol. The minimum absolute atomic E-state index is 0.0317. The van der Waals surface area contributed by atoms with Crippen molar-refractivity contribution < 1.29 is 9.90 Å². The van der Waals surface area contributed by atoms with Crippen LogP contribution in [0.5, 0.6) is 0 Å². The summed E-state index contributed by atoms with van der Waals surface area (Å²) in [6.45, 7) is 6.94. The van der Waals surface area contributed by atoms with Crippen LogP contribution >= 0.6 is 0 Å². The van der Waals surface area contributed by atoms with Gasteiger partial charge in [0.2, 0.25) is 0 Å². The van der Waals surface area contributed by atoms with Gasteiger partial charge in [0.1, 0.15) is 13.6 Å². The molecule has 0 aromatic carbocycles. The number of Topliss-reactive ketones (excluding diaryl/α,β-unsaturated/α-hetero) is 1. The Morgan fingerprint density at radius 2 is 2.15 bits per heavy atom. The fourth-order valence-corrected chi connectivity index (χ4v) is 0.791. The van der Waals surface area contributed by atoms with Gasteiger partial charge in [0.15, 0.2) is 5.78 Å². The maximum Gasteiger partial charge on any atom is 0.161 e. The molecule has 0 fully saturated rings. The summed E-state index contributed by atoms with van der Waals surface area (Å²) >= 11 is 0. The summed E-state index contributed by atoms with van der Waals surface area (Å²) in [6.07, 6.45) is 3.58. The standard InChI is InChI=1S/C10H15BO2/c1-4-8(11)6-10(13)7(3)9(12)5-2/h4,6,13H,1,5,11H2,2-3H3/b8-6+,10-7+. The summed E-state index contributed by atoms with van der Waals surface area (Å²) in [4.78, 5) is 11.2. The van der Waals surface area contributed by atoms with E-state index in [4.69, 9.17) is 0 Å². The smallest absolute Gasteiger partial charge is 0.161 e. The molecule has 70 valence electrons. The number of hydrogen-bond acceptors (Lipinski definition) is 2. The predicted molar refractivity (Wildman–Crippen MR) is 57.5 cm³/mol. The number of carbonyl (C=O) groups is 1.